The standard InChI is InChI=1S/C10H11ClN2O3.C2H6/c1-5-4-7(13-6(2)14)8(11)9(12-5)10(15)16-3;1-2/h4H,1-3H3,(H,12,13,14);1-2H3. The van der Waals surface area contributed by atoms with Crippen LogP contribution in [-0.4, -0.2) is 24.0 Å². The van der Waals surface area contributed by atoms with Crippen LogP contribution in [0.4, 0.5) is 5.69 Å². The molecule has 5 nitrogen and oxygen atoms in total. The van der Waals surface area contributed by atoms with Gasteiger partial charge in [-0.1, -0.05) is 25.4 Å². The molecule has 0 atom stereocenters. The van der Waals surface area contributed by atoms with Crippen molar-refractivity contribution in [3.63, 3.8) is 0 Å². The largest absolute Gasteiger partial charge is 0.464 e. The van der Waals surface area contributed by atoms with E-state index in [1.54, 1.807) is 13.0 Å². The van der Waals surface area contributed by atoms with E-state index in [9.17, 15) is 9.59 Å². The van der Waals surface area contributed by atoms with Crippen molar-refractivity contribution in [1.29, 1.82) is 0 Å². The van der Waals surface area contributed by atoms with Crippen molar-refractivity contribution in [3.05, 3.63) is 22.5 Å². The van der Waals surface area contributed by atoms with Gasteiger partial charge in [0.15, 0.2) is 5.69 Å². The first kappa shape index (κ1) is 16.4. The van der Waals surface area contributed by atoms with Crippen LogP contribution in [0.1, 0.15) is 37.0 Å². The summed E-state index contributed by atoms with van der Waals surface area (Å²) in [6, 6.07) is 1.58. The Bertz CT molecular complexity index is 447. The molecule has 18 heavy (non-hydrogen) atoms. The summed E-state index contributed by atoms with van der Waals surface area (Å²) in [4.78, 5) is 26.2. The summed E-state index contributed by atoms with van der Waals surface area (Å²) in [5, 5.41) is 2.59. The van der Waals surface area contributed by atoms with E-state index >= 15 is 0 Å². The Labute approximate surface area is 112 Å². The molecular formula is C12H17ClN2O3. The number of aryl methyl sites for hydroxylation is 1. The zero-order valence-electron chi connectivity index (χ0n) is 11.1. The SMILES string of the molecule is CC.COC(=O)c1nc(C)cc(NC(C)=O)c1Cl. The quantitative estimate of drug-likeness (QED) is 0.841. The molecule has 1 rings (SSSR count). The highest BCUT2D eigenvalue weighted by molar-refractivity contribution is 6.36. The zero-order chi connectivity index (χ0) is 14.3. The van der Waals surface area contributed by atoms with Gasteiger partial charge in [-0.2, -0.15) is 0 Å². The number of halogens is 1. The van der Waals surface area contributed by atoms with Crippen LogP contribution in [0.5, 0.6) is 0 Å². The Hall–Kier alpha value is -1.62. The number of nitrogens with one attached hydrogen (secondary N) is 1. The number of methoxy groups -OCH3 is 1. The molecule has 100 valence electrons. The van der Waals surface area contributed by atoms with E-state index in [0.29, 0.717) is 11.4 Å². The Morgan fingerprint density at radius 2 is 1.94 bits per heavy atom. The topological polar surface area (TPSA) is 68.3 Å². The molecule has 0 bridgehead atoms. The van der Waals surface area contributed by atoms with Crippen LogP contribution in [0.2, 0.25) is 5.02 Å². The average Bonchev–Trinajstić information content (AvgIpc) is 2.34. The van der Waals surface area contributed by atoms with Crippen LogP contribution in [0.25, 0.3) is 0 Å². The van der Waals surface area contributed by atoms with Gasteiger partial charge in [0, 0.05) is 12.6 Å². The van der Waals surface area contributed by atoms with Crippen molar-refractivity contribution in [2.45, 2.75) is 27.7 Å². The highest BCUT2D eigenvalue weighted by atomic mass is 35.5. The molecule has 1 aromatic heterocycles. The number of rotatable bonds is 2. The number of carbonyl (C=O) groups is 2. The minimum absolute atomic E-state index is 0.00656. The van der Waals surface area contributed by atoms with Crippen molar-refractivity contribution >= 4 is 29.2 Å². The zero-order valence-corrected chi connectivity index (χ0v) is 11.9. The number of anilines is 1. The molecule has 0 aromatic carbocycles. The number of amides is 1. The van der Waals surface area contributed by atoms with Crippen LogP contribution < -0.4 is 5.32 Å². The number of aromatic nitrogens is 1. The Morgan fingerprint density at radius 3 is 2.39 bits per heavy atom. The van der Waals surface area contributed by atoms with E-state index in [-0.39, 0.29) is 16.6 Å². The summed E-state index contributed by atoms with van der Waals surface area (Å²) in [5.74, 6) is -0.913. The van der Waals surface area contributed by atoms with E-state index in [1.165, 1.54) is 14.0 Å². The second-order valence-corrected chi connectivity index (χ2v) is 3.52. The van der Waals surface area contributed by atoms with Crippen LogP contribution in [0.15, 0.2) is 6.07 Å². The maximum Gasteiger partial charge on any atom is 0.358 e. The molecule has 0 saturated heterocycles. The molecule has 1 amide bonds. The average molecular weight is 273 g/mol. The lowest BCUT2D eigenvalue weighted by molar-refractivity contribution is -0.114. The predicted octanol–water partition coefficient (Wildman–Crippen LogP) is 2.81. The van der Waals surface area contributed by atoms with E-state index in [2.05, 4.69) is 15.0 Å². The number of ether oxygens (including phenoxy) is 1. The van der Waals surface area contributed by atoms with E-state index in [1.807, 2.05) is 13.8 Å². The van der Waals surface area contributed by atoms with Gasteiger partial charge < -0.3 is 10.1 Å². The predicted molar refractivity (Wildman–Crippen MR) is 71.0 cm³/mol. The highest BCUT2D eigenvalue weighted by Gasteiger charge is 2.17. The molecule has 0 aliphatic rings. The molecule has 0 saturated carbocycles. The first-order chi connectivity index (χ1) is 8.45. The number of hydrogen-bond acceptors (Lipinski definition) is 4. The van der Waals surface area contributed by atoms with Crippen LogP contribution >= 0.6 is 11.6 Å². The molecule has 1 aromatic rings. The van der Waals surface area contributed by atoms with Gasteiger partial charge in [-0.15, -0.1) is 0 Å². The second-order valence-electron chi connectivity index (χ2n) is 3.15. The van der Waals surface area contributed by atoms with Gasteiger partial charge in [0.1, 0.15) is 0 Å². The van der Waals surface area contributed by atoms with Crippen molar-refractivity contribution in [2.24, 2.45) is 0 Å². The minimum atomic E-state index is -0.639. The van der Waals surface area contributed by atoms with Gasteiger partial charge in [0.05, 0.1) is 17.8 Å². The Morgan fingerprint density at radius 1 is 1.39 bits per heavy atom. The third kappa shape index (κ3) is 4.33. The number of carbonyl (C=O) groups excluding carboxylic acids is 2. The van der Waals surface area contributed by atoms with Crippen LogP contribution in [0.3, 0.4) is 0 Å². The molecule has 6 heteroatoms. The van der Waals surface area contributed by atoms with E-state index < -0.39 is 5.97 Å². The van der Waals surface area contributed by atoms with E-state index in [4.69, 9.17) is 11.6 Å². The molecule has 1 heterocycles. The van der Waals surface area contributed by atoms with Gasteiger partial charge in [-0.3, -0.25) is 4.79 Å². The van der Waals surface area contributed by atoms with Gasteiger partial charge in [-0.25, -0.2) is 9.78 Å². The van der Waals surface area contributed by atoms with Crippen LogP contribution in [-0.2, 0) is 9.53 Å². The number of nitrogens with zero attached hydrogens (tertiary/aromatic N) is 1. The summed E-state index contributed by atoms with van der Waals surface area (Å²) in [5.41, 5.74) is 0.906. The van der Waals surface area contributed by atoms with Crippen molar-refractivity contribution in [1.82, 2.24) is 4.98 Å². The first-order valence-electron chi connectivity index (χ1n) is 5.48. The van der Waals surface area contributed by atoms with Crippen molar-refractivity contribution < 1.29 is 14.3 Å². The molecule has 1 N–H and O–H groups in total. The fourth-order valence-corrected chi connectivity index (χ4v) is 1.39. The Kier molecular flexibility index (Phi) is 6.97. The number of hydrogen-bond donors (Lipinski definition) is 1. The Balaban J connectivity index is 0.00000137. The summed E-state index contributed by atoms with van der Waals surface area (Å²) < 4.78 is 4.53. The maximum atomic E-state index is 11.3. The first-order valence-corrected chi connectivity index (χ1v) is 5.86. The summed E-state index contributed by atoms with van der Waals surface area (Å²) in [6.07, 6.45) is 0. The van der Waals surface area contributed by atoms with Crippen molar-refractivity contribution in [2.75, 3.05) is 12.4 Å². The molecule has 0 fully saturated rings. The monoisotopic (exact) mass is 272 g/mol. The molecule has 0 unspecified atom stereocenters. The lowest BCUT2D eigenvalue weighted by Crippen LogP contribution is -2.11. The van der Waals surface area contributed by atoms with Gasteiger partial charge in [0.2, 0.25) is 5.91 Å². The third-order valence-electron chi connectivity index (χ3n) is 1.78. The molecule has 0 aliphatic carbocycles. The van der Waals surface area contributed by atoms with Gasteiger partial charge >= 0.3 is 5.97 Å². The number of esters is 1. The maximum absolute atomic E-state index is 11.3. The lowest BCUT2D eigenvalue weighted by Gasteiger charge is -2.09. The smallest absolute Gasteiger partial charge is 0.358 e. The summed E-state index contributed by atoms with van der Waals surface area (Å²) >= 11 is 5.92. The van der Waals surface area contributed by atoms with Crippen molar-refractivity contribution in [3.8, 4) is 0 Å². The third-order valence-corrected chi connectivity index (χ3v) is 2.16. The fraction of sp³-hybridized carbons (Fsp3) is 0.417. The van der Waals surface area contributed by atoms with Gasteiger partial charge in [0.25, 0.3) is 0 Å². The molecular weight excluding hydrogens is 256 g/mol. The normalized spacial score (nSPS) is 9.00. The minimum Gasteiger partial charge on any atom is -0.464 e. The number of pyridine rings is 1. The highest BCUT2D eigenvalue weighted by Crippen LogP contribution is 2.26. The molecule has 0 spiro atoms. The molecule has 0 aliphatic heterocycles. The molecule has 0 radical (unpaired) electrons. The van der Waals surface area contributed by atoms with Gasteiger partial charge in [-0.05, 0) is 13.0 Å². The summed E-state index contributed by atoms with van der Waals surface area (Å²) in [6.45, 7) is 7.04. The summed E-state index contributed by atoms with van der Waals surface area (Å²) in [7, 11) is 1.24. The van der Waals surface area contributed by atoms with E-state index in [0.717, 1.165) is 0 Å². The fourth-order valence-electron chi connectivity index (χ4n) is 1.17. The lowest BCUT2D eigenvalue weighted by atomic mass is 10.2. The second kappa shape index (κ2) is 7.66. The van der Waals surface area contributed by atoms with Crippen LogP contribution in [0, 0.1) is 6.92 Å².